The predicted molar refractivity (Wildman–Crippen MR) is 140 cm³/mol. The lowest BCUT2D eigenvalue weighted by atomic mass is 10.2. The molecule has 0 saturated heterocycles. The van der Waals surface area contributed by atoms with Crippen molar-refractivity contribution in [1.82, 2.24) is 14.7 Å². The number of nitrogens with zero attached hydrogens (tertiary/aromatic N) is 3. The van der Waals surface area contributed by atoms with Crippen LogP contribution in [0.5, 0.6) is 11.6 Å². The molecule has 1 atom stereocenters. The van der Waals surface area contributed by atoms with Gasteiger partial charge >= 0.3 is 0 Å². The average Bonchev–Trinajstić information content (AvgIpc) is 3.62. The number of hydrogen-bond acceptors (Lipinski definition) is 5. The molecule has 0 aliphatic heterocycles. The molecule has 0 radical (unpaired) electrons. The molecule has 1 fully saturated rings. The first-order valence-corrected chi connectivity index (χ1v) is 13.0. The molecule has 7 heteroatoms. The summed E-state index contributed by atoms with van der Waals surface area (Å²) < 4.78 is 13.9. The number of rotatable bonds is 14. The van der Waals surface area contributed by atoms with Crippen molar-refractivity contribution >= 4 is 11.6 Å². The van der Waals surface area contributed by atoms with Crippen molar-refractivity contribution in [3.8, 4) is 17.3 Å². The molecule has 1 saturated carbocycles. The second-order valence-electron chi connectivity index (χ2n) is 9.39. The molecule has 1 aliphatic rings. The third-order valence-electron chi connectivity index (χ3n) is 6.18. The Labute approximate surface area is 213 Å². The highest BCUT2D eigenvalue weighted by Gasteiger charge is 2.28. The van der Waals surface area contributed by atoms with Gasteiger partial charge in [0.15, 0.2) is 0 Å². The number of unbranched alkanes of at least 4 members (excludes halogenated alkanes) is 1. The number of para-hydroxylation sites is 1. The third-order valence-corrected chi connectivity index (χ3v) is 6.43. The molecule has 0 amide bonds. The van der Waals surface area contributed by atoms with Crippen LogP contribution in [0.15, 0.2) is 54.6 Å². The molecule has 1 aromatic heterocycles. The number of halogens is 1. The summed E-state index contributed by atoms with van der Waals surface area (Å²) in [4.78, 5) is 2.32. The molecule has 2 aromatic carbocycles. The van der Waals surface area contributed by atoms with Gasteiger partial charge in [-0.15, -0.1) is 0 Å². The fraction of sp³-hybridized carbons (Fsp3) is 0.464. The maximum Gasteiger partial charge on any atom is 0.227 e. The first-order valence-electron chi connectivity index (χ1n) is 12.6. The highest BCUT2D eigenvalue weighted by atomic mass is 35.5. The van der Waals surface area contributed by atoms with Gasteiger partial charge in [-0.25, -0.2) is 4.68 Å². The van der Waals surface area contributed by atoms with Gasteiger partial charge in [0.1, 0.15) is 5.75 Å². The fourth-order valence-corrected chi connectivity index (χ4v) is 4.22. The van der Waals surface area contributed by atoms with E-state index < -0.39 is 6.10 Å². The number of aliphatic hydroxyl groups excluding tert-OH is 1. The van der Waals surface area contributed by atoms with Crippen LogP contribution in [-0.2, 0) is 11.3 Å². The van der Waals surface area contributed by atoms with E-state index in [0.717, 1.165) is 42.1 Å². The Morgan fingerprint density at radius 2 is 1.89 bits per heavy atom. The zero-order valence-electron chi connectivity index (χ0n) is 20.7. The van der Waals surface area contributed by atoms with E-state index in [9.17, 15) is 5.11 Å². The van der Waals surface area contributed by atoms with Crippen molar-refractivity contribution in [3.05, 3.63) is 70.9 Å². The van der Waals surface area contributed by atoms with Crippen molar-refractivity contribution in [1.29, 1.82) is 0 Å². The highest BCUT2D eigenvalue weighted by molar-refractivity contribution is 6.30. The smallest absolute Gasteiger partial charge is 0.227 e. The summed E-state index contributed by atoms with van der Waals surface area (Å²) >= 11 is 6.13. The molecule has 0 bridgehead atoms. The second-order valence-corrected chi connectivity index (χ2v) is 9.83. The summed E-state index contributed by atoms with van der Waals surface area (Å²) in [5, 5.41) is 16.2. The lowest BCUT2D eigenvalue weighted by molar-refractivity contribution is 0.0134. The van der Waals surface area contributed by atoms with Crippen molar-refractivity contribution in [2.45, 2.75) is 52.2 Å². The number of ether oxygens (including phenoxy) is 2. The minimum atomic E-state index is -0.532. The maximum atomic E-state index is 10.7. The number of aryl methyl sites for hydroxylation is 1. The van der Waals surface area contributed by atoms with E-state index in [1.54, 1.807) is 0 Å². The first kappa shape index (κ1) is 25.7. The van der Waals surface area contributed by atoms with Crippen LogP contribution in [0.3, 0.4) is 0 Å². The normalized spacial score (nSPS) is 14.4. The van der Waals surface area contributed by atoms with Crippen LogP contribution in [-0.4, -0.2) is 52.2 Å². The zero-order valence-corrected chi connectivity index (χ0v) is 21.5. The first-order chi connectivity index (χ1) is 17.0. The quantitative estimate of drug-likeness (QED) is 0.276. The van der Waals surface area contributed by atoms with Crippen molar-refractivity contribution in [2.24, 2.45) is 5.92 Å². The van der Waals surface area contributed by atoms with Crippen molar-refractivity contribution in [2.75, 3.05) is 26.3 Å². The van der Waals surface area contributed by atoms with Gasteiger partial charge in [-0.05, 0) is 68.5 Å². The maximum absolute atomic E-state index is 10.7. The molecular weight excluding hydrogens is 462 g/mol. The van der Waals surface area contributed by atoms with Crippen LogP contribution in [0.4, 0.5) is 0 Å². The van der Waals surface area contributed by atoms with Crippen LogP contribution < -0.4 is 4.74 Å². The van der Waals surface area contributed by atoms with Gasteiger partial charge in [-0.1, -0.05) is 43.1 Å². The Balaban J connectivity index is 1.58. The molecule has 6 nitrogen and oxygen atoms in total. The summed E-state index contributed by atoms with van der Waals surface area (Å²) in [6.45, 7) is 7.35. The van der Waals surface area contributed by atoms with E-state index in [2.05, 4.69) is 11.8 Å². The van der Waals surface area contributed by atoms with E-state index >= 15 is 0 Å². The van der Waals surface area contributed by atoms with E-state index in [1.807, 2.05) is 66.2 Å². The van der Waals surface area contributed by atoms with E-state index in [-0.39, 0.29) is 0 Å². The summed E-state index contributed by atoms with van der Waals surface area (Å²) in [6, 6.07) is 17.4. The lowest BCUT2D eigenvalue weighted by Gasteiger charge is -2.25. The molecule has 4 rings (SSSR count). The summed E-state index contributed by atoms with van der Waals surface area (Å²) in [5.74, 6) is 2.13. The number of aromatic nitrogens is 2. The zero-order chi connectivity index (χ0) is 24.6. The van der Waals surface area contributed by atoms with Gasteiger partial charge in [0.05, 0.1) is 29.7 Å². The lowest BCUT2D eigenvalue weighted by Crippen LogP contribution is -2.36. The minimum Gasteiger partial charge on any atom is -0.439 e. The van der Waals surface area contributed by atoms with Crippen LogP contribution in [0.1, 0.15) is 43.9 Å². The molecule has 0 unspecified atom stereocenters. The minimum absolute atomic E-state index is 0.359. The number of benzene rings is 2. The fourth-order valence-electron chi connectivity index (χ4n) is 4.09. The van der Waals surface area contributed by atoms with Crippen molar-refractivity contribution in [3.63, 3.8) is 0 Å². The van der Waals surface area contributed by atoms with Gasteiger partial charge in [0, 0.05) is 31.3 Å². The van der Waals surface area contributed by atoms with Crippen LogP contribution in [0, 0.1) is 12.8 Å². The average molecular weight is 498 g/mol. The highest BCUT2D eigenvalue weighted by Crippen LogP contribution is 2.34. The molecule has 188 valence electrons. The molecule has 1 heterocycles. The topological polar surface area (TPSA) is 59.8 Å². The van der Waals surface area contributed by atoms with E-state index in [0.29, 0.717) is 43.1 Å². The Kier molecular flexibility index (Phi) is 9.21. The van der Waals surface area contributed by atoms with Gasteiger partial charge in [0.2, 0.25) is 5.88 Å². The summed E-state index contributed by atoms with van der Waals surface area (Å²) in [6.07, 6.45) is 4.06. The predicted octanol–water partition coefficient (Wildman–Crippen LogP) is 6.02. The van der Waals surface area contributed by atoms with Gasteiger partial charge in [-0.2, -0.15) is 5.10 Å². The Morgan fingerprint density at radius 3 is 2.57 bits per heavy atom. The standard InChI is InChI=1S/C28H36ClN3O3/c1-3-4-16-34-20-25(33)18-31(17-22-10-11-22)19-27-21(2)30-32(24-14-12-23(29)13-15-24)28(27)35-26-8-6-5-7-9-26/h5-9,12-15,22,25,33H,3-4,10-11,16-20H2,1-2H3/t25-/m0/s1. The van der Waals surface area contributed by atoms with Crippen LogP contribution in [0.25, 0.3) is 5.69 Å². The third kappa shape index (κ3) is 7.55. The SMILES string of the molecule is CCCCOC[C@@H](O)CN(Cc1c(C)nn(-c2ccc(Cl)cc2)c1Oc1ccccc1)CC1CC1. The largest absolute Gasteiger partial charge is 0.439 e. The Hall–Kier alpha value is -2.38. The number of aliphatic hydroxyl groups is 1. The summed E-state index contributed by atoms with van der Waals surface area (Å²) in [7, 11) is 0. The monoisotopic (exact) mass is 497 g/mol. The van der Waals surface area contributed by atoms with Crippen LogP contribution in [0.2, 0.25) is 5.02 Å². The molecule has 35 heavy (non-hydrogen) atoms. The molecule has 3 aromatic rings. The van der Waals surface area contributed by atoms with Gasteiger partial charge in [0.25, 0.3) is 0 Å². The molecule has 1 N–H and O–H groups in total. The summed E-state index contributed by atoms with van der Waals surface area (Å²) in [5.41, 5.74) is 2.80. The van der Waals surface area contributed by atoms with Crippen LogP contribution >= 0.6 is 11.6 Å². The van der Waals surface area contributed by atoms with E-state index in [1.165, 1.54) is 12.8 Å². The van der Waals surface area contributed by atoms with Gasteiger partial charge < -0.3 is 14.6 Å². The van der Waals surface area contributed by atoms with E-state index in [4.69, 9.17) is 26.2 Å². The van der Waals surface area contributed by atoms with Crippen molar-refractivity contribution < 1.29 is 14.6 Å². The Bertz CT molecular complexity index is 1050. The van der Waals surface area contributed by atoms with Gasteiger partial charge in [-0.3, -0.25) is 4.90 Å². The molecule has 0 spiro atoms. The Morgan fingerprint density at radius 1 is 1.14 bits per heavy atom. The molecular formula is C28H36ClN3O3. The second kappa shape index (κ2) is 12.5. The molecule has 1 aliphatic carbocycles. The number of hydrogen-bond donors (Lipinski definition) is 1.